The first kappa shape index (κ1) is 20.4. The second-order valence-electron chi connectivity index (χ2n) is 6.76. The van der Waals surface area contributed by atoms with E-state index in [1.807, 2.05) is 6.92 Å². The first-order valence-corrected chi connectivity index (χ1v) is 10.8. The van der Waals surface area contributed by atoms with Crippen molar-refractivity contribution in [2.24, 2.45) is 0 Å². The maximum absolute atomic E-state index is 13.3. The summed E-state index contributed by atoms with van der Waals surface area (Å²) in [7, 11) is -3.72. The zero-order valence-electron chi connectivity index (χ0n) is 16.1. The SMILES string of the molecule is CCOC(=O)c1ccc(N(CCCC2CO2)S(=O)(=O)c2ccc(C)cc2)cc1. The van der Waals surface area contributed by atoms with E-state index in [2.05, 4.69) is 0 Å². The third-order valence-corrected chi connectivity index (χ3v) is 6.41. The summed E-state index contributed by atoms with van der Waals surface area (Å²) in [6, 6.07) is 13.3. The maximum Gasteiger partial charge on any atom is 0.338 e. The lowest BCUT2D eigenvalue weighted by atomic mass is 10.2. The van der Waals surface area contributed by atoms with Crippen LogP contribution in [0.3, 0.4) is 0 Å². The summed E-state index contributed by atoms with van der Waals surface area (Å²) in [5.74, 6) is -0.423. The van der Waals surface area contributed by atoms with Crippen molar-refractivity contribution in [1.82, 2.24) is 0 Å². The van der Waals surface area contributed by atoms with Gasteiger partial charge in [0.2, 0.25) is 0 Å². The highest BCUT2D eigenvalue weighted by Gasteiger charge is 2.27. The summed E-state index contributed by atoms with van der Waals surface area (Å²) in [4.78, 5) is 12.1. The van der Waals surface area contributed by atoms with Crippen LogP contribution in [0.15, 0.2) is 53.4 Å². The van der Waals surface area contributed by atoms with Crippen molar-refractivity contribution in [3.63, 3.8) is 0 Å². The van der Waals surface area contributed by atoms with Crippen LogP contribution in [0.1, 0.15) is 35.7 Å². The van der Waals surface area contributed by atoms with E-state index < -0.39 is 16.0 Å². The van der Waals surface area contributed by atoms with Crippen molar-refractivity contribution in [3.8, 4) is 0 Å². The van der Waals surface area contributed by atoms with Gasteiger partial charge in [0, 0.05) is 6.54 Å². The molecule has 7 heteroatoms. The van der Waals surface area contributed by atoms with E-state index in [0.717, 1.165) is 18.6 Å². The number of anilines is 1. The molecule has 1 heterocycles. The van der Waals surface area contributed by atoms with E-state index in [0.29, 0.717) is 24.2 Å². The molecule has 2 aromatic carbocycles. The predicted molar refractivity (Wildman–Crippen MR) is 107 cm³/mol. The van der Waals surface area contributed by atoms with Gasteiger partial charge in [-0.3, -0.25) is 4.31 Å². The summed E-state index contributed by atoms with van der Waals surface area (Å²) in [6.45, 7) is 5.04. The van der Waals surface area contributed by atoms with Crippen molar-refractivity contribution in [3.05, 3.63) is 59.7 Å². The van der Waals surface area contributed by atoms with Gasteiger partial charge in [-0.05, 0) is 63.1 Å². The number of aryl methyl sites for hydroxylation is 1. The molecule has 0 radical (unpaired) electrons. The average Bonchev–Trinajstić information content (AvgIpc) is 3.50. The fourth-order valence-corrected chi connectivity index (χ4v) is 4.40. The Balaban J connectivity index is 1.87. The number of sulfonamides is 1. The van der Waals surface area contributed by atoms with Crippen molar-refractivity contribution < 1.29 is 22.7 Å². The van der Waals surface area contributed by atoms with Crippen LogP contribution in [0.25, 0.3) is 0 Å². The van der Waals surface area contributed by atoms with Gasteiger partial charge in [-0.15, -0.1) is 0 Å². The summed E-state index contributed by atoms with van der Waals surface area (Å²) in [5, 5.41) is 0. The van der Waals surface area contributed by atoms with Crippen molar-refractivity contribution in [2.75, 3.05) is 24.1 Å². The number of rotatable bonds is 9. The zero-order valence-corrected chi connectivity index (χ0v) is 16.9. The molecule has 1 aliphatic rings. The van der Waals surface area contributed by atoms with Crippen LogP contribution in [0.4, 0.5) is 5.69 Å². The molecule has 0 amide bonds. The first-order valence-electron chi connectivity index (χ1n) is 9.40. The average molecular weight is 404 g/mol. The lowest BCUT2D eigenvalue weighted by molar-refractivity contribution is 0.0526. The van der Waals surface area contributed by atoms with E-state index in [-0.39, 0.29) is 17.6 Å². The normalized spacial score (nSPS) is 15.9. The molecular formula is C21H25NO5S. The molecule has 3 rings (SSSR count). The maximum atomic E-state index is 13.3. The van der Waals surface area contributed by atoms with Gasteiger partial charge in [0.25, 0.3) is 10.0 Å². The van der Waals surface area contributed by atoms with Crippen LogP contribution >= 0.6 is 0 Å². The van der Waals surface area contributed by atoms with Gasteiger partial charge >= 0.3 is 5.97 Å². The molecule has 0 bridgehead atoms. The lowest BCUT2D eigenvalue weighted by Gasteiger charge is -2.25. The third kappa shape index (κ3) is 4.91. The molecule has 150 valence electrons. The second kappa shape index (κ2) is 8.75. The minimum atomic E-state index is -3.72. The topological polar surface area (TPSA) is 76.2 Å². The van der Waals surface area contributed by atoms with E-state index in [4.69, 9.17) is 9.47 Å². The molecule has 2 aromatic rings. The van der Waals surface area contributed by atoms with E-state index in [9.17, 15) is 13.2 Å². The van der Waals surface area contributed by atoms with Gasteiger partial charge in [0.15, 0.2) is 0 Å². The van der Waals surface area contributed by atoms with Gasteiger partial charge < -0.3 is 9.47 Å². The van der Waals surface area contributed by atoms with Gasteiger partial charge in [-0.2, -0.15) is 0 Å². The molecule has 1 fully saturated rings. The molecule has 0 aliphatic carbocycles. The van der Waals surface area contributed by atoms with Gasteiger partial charge in [0.05, 0.1) is 35.5 Å². The number of carbonyl (C=O) groups is 1. The summed E-state index contributed by atoms with van der Waals surface area (Å²) < 4.78 is 38.1. The Morgan fingerprint density at radius 2 is 1.79 bits per heavy atom. The van der Waals surface area contributed by atoms with E-state index in [1.54, 1.807) is 55.5 Å². The molecular weight excluding hydrogens is 378 g/mol. The quantitative estimate of drug-likeness (QED) is 0.473. The molecule has 0 aromatic heterocycles. The van der Waals surface area contributed by atoms with Crippen molar-refractivity contribution >= 4 is 21.7 Å². The molecule has 1 saturated heterocycles. The standard InChI is InChI=1S/C21H25NO5S/c1-3-26-21(23)17-8-10-18(11-9-17)22(14-4-5-19-15-27-19)28(24,25)20-12-6-16(2)7-13-20/h6-13,19H,3-5,14-15H2,1-2H3. The number of benzene rings is 2. The fraction of sp³-hybridized carbons (Fsp3) is 0.381. The molecule has 0 N–H and O–H groups in total. The Bertz CT molecular complexity index is 903. The Morgan fingerprint density at radius 3 is 2.36 bits per heavy atom. The summed E-state index contributed by atoms with van der Waals surface area (Å²) in [5.41, 5.74) is 1.91. The third-order valence-electron chi connectivity index (χ3n) is 4.57. The van der Waals surface area contributed by atoms with Crippen molar-refractivity contribution in [2.45, 2.75) is 37.7 Å². The summed E-state index contributed by atoms with van der Waals surface area (Å²) in [6.07, 6.45) is 1.76. The number of carbonyl (C=O) groups excluding carboxylic acids is 1. The number of esters is 1. The minimum absolute atomic E-state index is 0.245. The fourth-order valence-electron chi connectivity index (χ4n) is 2.90. The Kier molecular flexibility index (Phi) is 6.36. The van der Waals surface area contributed by atoms with Crippen LogP contribution in [0.5, 0.6) is 0 Å². The van der Waals surface area contributed by atoms with Crippen LogP contribution in [0.2, 0.25) is 0 Å². The van der Waals surface area contributed by atoms with Crippen molar-refractivity contribution in [1.29, 1.82) is 0 Å². The second-order valence-corrected chi connectivity index (χ2v) is 8.62. The highest BCUT2D eigenvalue weighted by atomic mass is 32.2. The Hall–Kier alpha value is -2.38. The van der Waals surface area contributed by atoms with Crippen LogP contribution in [-0.4, -0.2) is 40.2 Å². The number of hydrogen-bond acceptors (Lipinski definition) is 5. The molecule has 28 heavy (non-hydrogen) atoms. The largest absolute Gasteiger partial charge is 0.462 e. The van der Waals surface area contributed by atoms with Crippen LogP contribution in [0, 0.1) is 6.92 Å². The number of epoxide rings is 1. The smallest absolute Gasteiger partial charge is 0.338 e. The molecule has 6 nitrogen and oxygen atoms in total. The predicted octanol–water partition coefficient (Wildman–Crippen LogP) is 3.55. The van der Waals surface area contributed by atoms with Gasteiger partial charge in [-0.25, -0.2) is 13.2 Å². The number of nitrogens with zero attached hydrogens (tertiary/aromatic N) is 1. The lowest BCUT2D eigenvalue weighted by Crippen LogP contribution is -2.32. The molecule has 0 saturated carbocycles. The first-order chi connectivity index (χ1) is 13.4. The highest BCUT2D eigenvalue weighted by molar-refractivity contribution is 7.92. The molecule has 0 spiro atoms. The number of ether oxygens (including phenoxy) is 2. The van der Waals surface area contributed by atoms with E-state index >= 15 is 0 Å². The Morgan fingerprint density at radius 1 is 1.14 bits per heavy atom. The van der Waals surface area contributed by atoms with E-state index in [1.165, 1.54) is 4.31 Å². The van der Waals surface area contributed by atoms with Crippen LogP contribution in [-0.2, 0) is 19.5 Å². The zero-order chi connectivity index (χ0) is 20.1. The van der Waals surface area contributed by atoms with Gasteiger partial charge in [0.1, 0.15) is 0 Å². The minimum Gasteiger partial charge on any atom is -0.462 e. The number of hydrogen-bond donors (Lipinski definition) is 0. The highest BCUT2D eigenvalue weighted by Crippen LogP contribution is 2.26. The molecule has 1 atom stereocenters. The Labute approximate surface area is 166 Å². The van der Waals surface area contributed by atoms with Crippen LogP contribution < -0.4 is 4.31 Å². The molecule has 1 aliphatic heterocycles. The van der Waals surface area contributed by atoms with Gasteiger partial charge in [-0.1, -0.05) is 17.7 Å². The molecule has 1 unspecified atom stereocenters. The summed E-state index contributed by atoms with van der Waals surface area (Å²) >= 11 is 0. The monoisotopic (exact) mass is 403 g/mol.